The van der Waals surface area contributed by atoms with Crippen LogP contribution in [0.15, 0.2) is 53.1 Å². The van der Waals surface area contributed by atoms with Crippen molar-refractivity contribution in [1.29, 1.82) is 0 Å². The second-order valence-electron chi connectivity index (χ2n) is 4.35. The molecule has 1 heterocycles. The Kier molecular flexibility index (Phi) is 5.36. The highest BCUT2D eigenvalue weighted by Crippen LogP contribution is 2.10. The van der Waals surface area contributed by atoms with Crippen molar-refractivity contribution >= 4 is 15.9 Å². The Balaban J connectivity index is 1.72. The summed E-state index contributed by atoms with van der Waals surface area (Å²) in [7, 11) is 0. The minimum atomic E-state index is 0.0883. The molecule has 0 amide bonds. The summed E-state index contributed by atoms with van der Waals surface area (Å²) in [6.07, 6.45) is 1.82. The largest absolute Gasteiger partial charge is 0.473 e. The van der Waals surface area contributed by atoms with E-state index < -0.39 is 0 Å². The standard InChI is InChI=1S/C15H17BrN2O/c1-12(19-15-4-2-3-9-18-15)10-17-11-13-5-7-14(16)8-6-13/h2-9,12,17H,10-11H2,1H3. The molecule has 1 atom stereocenters. The van der Waals surface area contributed by atoms with Gasteiger partial charge in [0.05, 0.1) is 0 Å². The van der Waals surface area contributed by atoms with Crippen molar-refractivity contribution in [3.05, 3.63) is 58.7 Å². The lowest BCUT2D eigenvalue weighted by molar-refractivity contribution is 0.208. The maximum absolute atomic E-state index is 5.69. The van der Waals surface area contributed by atoms with Crippen LogP contribution < -0.4 is 10.1 Å². The molecule has 1 N–H and O–H groups in total. The van der Waals surface area contributed by atoms with Crippen molar-refractivity contribution in [1.82, 2.24) is 10.3 Å². The molecule has 0 saturated carbocycles. The molecular weight excluding hydrogens is 304 g/mol. The van der Waals surface area contributed by atoms with E-state index in [-0.39, 0.29) is 6.10 Å². The molecule has 4 heteroatoms. The third-order valence-corrected chi connectivity index (χ3v) is 3.16. The van der Waals surface area contributed by atoms with Crippen molar-refractivity contribution in [2.24, 2.45) is 0 Å². The Bertz CT molecular complexity index is 487. The number of nitrogens with zero attached hydrogens (tertiary/aromatic N) is 1. The summed E-state index contributed by atoms with van der Waals surface area (Å²) in [6, 6.07) is 14.0. The number of pyridine rings is 1. The van der Waals surface area contributed by atoms with E-state index in [1.807, 2.05) is 37.3 Å². The number of nitrogens with one attached hydrogen (secondary N) is 1. The molecule has 1 aromatic heterocycles. The summed E-state index contributed by atoms with van der Waals surface area (Å²) >= 11 is 3.43. The van der Waals surface area contributed by atoms with Crippen LogP contribution in [0.5, 0.6) is 5.88 Å². The summed E-state index contributed by atoms with van der Waals surface area (Å²) in [5.74, 6) is 0.667. The normalized spacial score (nSPS) is 12.1. The molecule has 1 aromatic carbocycles. The molecule has 0 aliphatic carbocycles. The molecule has 0 fully saturated rings. The summed E-state index contributed by atoms with van der Waals surface area (Å²) in [5.41, 5.74) is 1.26. The zero-order valence-corrected chi connectivity index (χ0v) is 12.4. The first-order chi connectivity index (χ1) is 9.24. The van der Waals surface area contributed by atoms with E-state index in [9.17, 15) is 0 Å². The Labute approximate surface area is 122 Å². The second kappa shape index (κ2) is 7.26. The molecule has 0 bridgehead atoms. The van der Waals surface area contributed by atoms with Gasteiger partial charge in [0.15, 0.2) is 0 Å². The van der Waals surface area contributed by atoms with Gasteiger partial charge in [0.2, 0.25) is 5.88 Å². The quantitative estimate of drug-likeness (QED) is 0.885. The molecule has 0 radical (unpaired) electrons. The summed E-state index contributed by atoms with van der Waals surface area (Å²) in [5, 5.41) is 3.37. The van der Waals surface area contributed by atoms with Crippen molar-refractivity contribution < 1.29 is 4.74 Å². The molecule has 100 valence electrons. The molecular formula is C15H17BrN2O. The zero-order valence-electron chi connectivity index (χ0n) is 10.8. The van der Waals surface area contributed by atoms with Gasteiger partial charge in [-0.1, -0.05) is 34.1 Å². The highest BCUT2D eigenvalue weighted by Gasteiger charge is 2.03. The number of benzene rings is 1. The fourth-order valence-electron chi connectivity index (χ4n) is 1.69. The maximum Gasteiger partial charge on any atom is 0.213 e. The highest BCUT2D eigenvalue weighted by atomic mass is 79.9. The average molecular weight is 321 g/mol. The predicted octanol–water partition coefficient (Wildman–Crippen LogP) is 3.40. The number of halogens is 1. The van der Waals surface area contributed by atoms with Gasteiger partial charge in [0, 0.05) is 29.8 Å². The number of hydrogen-bond acceptors (Lipinski definition) is 3. The maximum atomic E-state index is 5.69. The fraction of sp³-hybridized carbons (Fsp3) is 0.267. The summed E-state index contributed by atoms with van der Waals surface area (Å²) < 4.78 is 6.79. The lowest BCUT2D eigenvalue weighted by Gasteiger charge is -2.14. The van der Waals surface area contributed by atoms with E-state index in [0.29, 0.717) is 5.88 Å². The van der Waals surface area contributed by atoms with Crippen LogP contribution in [0.2, 0.25) is 0 Å². The number of hydrogen-bond donors (Lipinski definition) is 1. The molecule has 2 aromatic rings. The third kappa shape index (κ3) is 5.01. The van der Waals surface area contributed by atoms with Gasteiger partial charge in [-0.25, -0.2) is 4.98 Å². The zero-order chi connectivity index (χ0) is 13.5. The molecule has 0 saturated heterocycles. The average Bonchev–Trinajstić information content (AvgIpc) is 2.42. The second-order valence-corrected chi connectivity index (χ2v) is 5.27. The van der Waals surface area contributed by atoms with Crippen LogP contribution in [0.25, 0.3) is 0 Å². The molecule has 0 aliphatic rings. The van der Waals surface area contributed by atoms with Crippen molar-refractivity contribution in [3.63, 3.8) is 0 Å². The smallest absolute Gasteiger partial charge is 0.213 e. The molecule has 3 nitrogen and oxygen atoms in total. The van der Waals surface area contributed by atoms with E-state index >= 15 is 0 Å². The van der Waals surface area contributed by atoms with Gasteiger partial charge >= 0.3 is 0 Å². The molecule has 2 rings (SSSR count). The first-order valence-electron chi connectivity index (χ1n) is 6.27. The van der Waals surface area contributed by atoms with E-state index in [2.05, 4.69) is 38.4 Å². The first-order valence-corrected chi connectivity index (χ1v) is 7.06. The highest BCUT2D eigenvalue weighted by molar-refractivity contribution is 9.10. The minimum Gasteiger partial charge on any atom is -0.473 e. The number of rotatable bonds is 6. The third-order valence-electron chi connectivity index (χ3n) is 2.63. The predicted molar refractivity (Wildman–Crippen MR) is 80.2 cm³/mol. The van der Waals surface area contributed by atoms with Gasteiger partial charge in [-0.2, -0.15) is 0 Å². The summed E-state index contributed by atoms with van der Waals surface area (Å²) in [6.45, 7) is 3.65. The monoisotopic (exact) mass is 320 g/mol. The van der Waals surface area contributed by atoms with Crippen LogP contribution in [0, 0.1) is 0 Å². The van der Waals surface area contributed by atoms with Crippen LogP contribution >= 0.6 is 15.9 Å². The Morgan fingerprint density at radius 1 is 1.21 bits per heavy atom. The fourth-order valence-corrected chi connectivity index (χ4v) is 1.95. The van der Waals surface area contributed by atoms with Gasteiger partial charge in [0.1, 0.15) is 6.10 Å². The van der Waals surface area contributed by atoms with Crippen molar-refractivity contribution in [3.8, 4) is 5.88 Å². The molecule has 1 unspecified atom stereocenters. The SMILES string of the molecule is CC(CNCc1ccc(Br)cc1)Oc1ccccn1. The summed E-state index contributed by atoms with van der Waals surface area (Å²) in [4.78, 5) is 4.14. The first kappa shape index (κ1) is 14.0. The lowest BCUT2D eigenvalue weighted by atomic mass is 10.2. The van der Waals surface area contributed by atoms with Crippen LogP contribution in [-0.2, 0) is 6.54 Å². The van der Waals surface area contributed by atoms with Gasteiger partial charge in [-0.15, -0.1) is 0 Å². The Hall–Kier alpha value is -1.39. The molecule has 0 aliphatic heterocycles. The number of aromatic nitrogens is 1. The molecule has 19 heavy (non-hydrogen) atoms. The van der Waals surface area contributed by atoms with Gasteiger partial charge in [-0.3, -0.25) is 0 Å². The Morgan fingerprint density at radius 3 is 2.68 bits per heavy atom. The lowest BCUT2D eigenvalue weighted by Crippen LogP contribution is -2.28. The van der Waals surface area contributed by atoms with Crippen LogP contribution in [0.3, 0.4) is 0 Å². The topological polar surface area (TPSA) is 34.1 Å². The van der Waals surface area contributed by atoms with Crippen molar-refractivity contribution in [2.45, 2.75) is 19.6 Å². The van der Waals surface area contributed by atoms with E-state index in [0.717, 1.165) is 17.6 Å². The minimum absolute atomic E-state index is 0.0883. The van der Waals surface area contributed by atoms with E-state index in [1.165, 1.54) is 5.56 Å². The van der Waals surface area contributed by atoms with E-state index in [4.69, 9.17) is 4.74 Å². The van der Waals surface area contributed by atoms with Crippen LogP contribution in [0.4, 0.5) is 0 Å². The molecule has 0 spiro atoms. The van der Waals surface area contributed by atoms with E-state index in [1.54, 1.807) is 6.20 Å². The van der Waals surface area contributed by atoms with Gasteiger partial charge in [0.25, 0.3) is 0 Å². The van der Waals surface area contributed by atoms with Crippen LogP contribution in [0.1, 0.15) is 12.5 Å². The number of ether oxygens (including phenoxy) is 1. The van der Waals surface area contributed by atoms with Gasteiger partial charge in [-0.05, 0) is 30.7 Å². The van der Waals surface area contributed by atoms with Crippen molar-refractivity contribution in [2.75, 3.05) is 6.54 Å². The van der Waals surface area contributed by atoms with Crippen LogP contribution in [-0.4, -0.2) is 17.6 Å². The van der Waals surface area contributed by atoms with Gasteiger partial charge < -0.3 is 10.1 Å². The Morgan fingerprint density at radius 2 is 2.00 bits per heavy atom.